The van der Waals surface area contributed by atoms with Gasteiger partial charge in [-0.1, -0.05) is 42.5 Å². The smallest absolute Gasteiger partial charge is 0.228 e. The predicted molar refractivity (Wildman–Crippen MR) is 112 cm³/mol. The Labute approximate surface area is 173 Å². The molecule has 3 aliphatic rings. The summed E-state index contributed by atoms with van der Waals surface area (Å²) in [6.45, 7) is 6.13. The SMILES string of the molecule is O=C1CC(C(=O)N2CCN(C/C=C/c3ccccc3)CC2)CN1CC1CCCO1. The molecule has 29 heavy (non-hydrogen) atoms. The summed E-state index contributed by atoms with van der Waals surface area (Å²) in [6.07, 6.45) is 6.92. The van der Waals surface area contributed by atoms with E-state index in [1.54, 1.807) is 0 Å². The Hall–Kier alpha value is -2.18. The van der Waals surface area contributed by atoms with Gasteiger partial charge in [0.25, 0.3) is 0 Å². The van der Waals surface area contributed by atoms with Gasteiger partial charge < -0.3 is 14.5 Å². The van der Waals surface area contributed by atoms with E-state index in [0.717, 1.165) is 52.2 Å². The molecular formula is C23H31N3O3. The zero-order valence-corrected chi connectivity index (χ0v) is 17.0. The lowest BCUT2D eigenvalue weighted by Crippen LogP contribution is -2.50. The van der Waals surface area contributed by atoms with Crippen LogP contribution in [-0.2, 0) is 14.3 Å². The molecule has 4 rings (SSSR count). The van der Waals surface area contributed by atoms with E-state index in [2.05, 4.69) is 29.2 Å². The van der Waals surface area contributed by atoms with Crippen molar-refractivity contribution < 1.29 is 14.3 Å². The summed E-state index contributed by atoms with van der Waals surface area (Å²) in [5.41, 5.74) is 1.21. The van der Waals surface area contributed by atoms with Gasteiger partial charge in [-0.2, -0.15) is 0 Å². The highest BCUT2D eigenvalue weighted by Gasteiger charge is 2.38. The average Bonchev–Trinajstić information content (AvgIpc) is 3.39. The highest BCUT2D eigenvalue weighted by atomic mass is 16.5. The number of benzene rings is 1. The second-order valence-corrected chi connectivity index (χ2v) is 8.27. The molecule has 0 bridgehead atoms. The minimum atomic E-state index is -0.187. The van der Waals surface area contributed by atoms with E-state index in [1.165, 1.54) is 5.56 Å². The Morgan fingerprint density at radius 2 is 1.93 bits per heavy atom. The lowest BCUT2D eigenvalue weighted by atomic mass is 10.1. The average molecular weight is 398 g/mol. The molecule has 2 unspecified atom stereocenters. The molecule has 6 nitrogen and oxygen atoms in total. The van der Waals surface area contributed by atoms with E-state index in [1.807, 2.05) is 28.0 Å². The molecule has 0 aliphatic carbocycles. The summed E-state index contributed by atoms with van der Waals surface area (Å²) in [4.78, 5) is 31.4. The van der Waals surface area contributed by atoms with Crippen LogP contribution in [0, 0.1) is 5.92 Å². The summed E-state index contributed by atoms with van der Waals surface area (Å²) in [5, 5.41) is 0. The third kappa shape index (κ3) is 5.25. The van der Waals surface area contributed by atoms with Gasteiger partial charge in [0.1, 0.15) is 0 Å². The first-order valence-electron chi connectivity index (χ1n) is 10.8. The van der Waals surface area contributed by atoms with Crippen LogP contribution in [0.2, 0.25) is 0 Å². The van der Waals surface area contributed by atoms with Crippen LogP contribution >= 0.6 is 0 Å². The van der Waals surface area contributed by atoms with Crippen LogP contribution < -0.4 is 0 Å². The highest BCUT2D eigenvalue weighted by molar-refractivity contribution is 5.89. The summed E-state index contributed by atoms with van der Waals surface area (Å²) >= 11 is 0. The van der Waals surface area contributed by atoms with Crippen LogP contribution in [0.3, 0.4) is 0 Å². The van der Waals surface area contributed by atoms with Gasteiger partial charge >= 0.3 is 0 Å². The van der Waals surface area contributed by atoms with Crippen LogP contribution in [0.1, 0.15) is 24.8 Å². The van der Waals surface area contributed by atoms with Crippen LogP contribution in [0.4, 0.5) is 0 Å². The molecule has 0 N–H and O–H groups in total. The molecule has 0 saturated carbocycles. The number of rotatable bonds is 6. The Bertz CT molecular complexity index is 722. The van der Waals surface area contributed by atoms with Gasteiger partial charge in [-0.25, -0.2) is 0 Å². The maximum absolute atomic E-state index is 12.9. The first kappa shape index (κ1) is 20.1. The van der Waals surface area contributed by atoms with Crippen molar-refractivity contribution in [3.05, 3.63) is 42.0 Å². The summed E-state index contributed by atoms with van der Waals surface area (Å²) in [7, 11) is 0. The molecule has 1 aromatic rings. The Balaban J connectivity index is 1.21. The number of nitrogens with zero attached hydrogens (tertiary/aromatic N) is 3. The standard InChI is InChI=1S/C23H31N3O3/c27-22-16-20(17-26(22)18-21-9-5-15-29-21)23(28)25-13-11-24(12-14-25)10-4-8-19-6-2-1-3-7-19/h1-4,6-8,20-21H,5,9-18H2/b8-4+. The number of hydrogen-bond donors (Lipinski definition) is 0. The fraction of sp³-hybridized carbons (Fsp3) is 0.565. The third-order valence-electron chi connectivity index (χ3n) is 6.17. The molecule has 3 heterocycles. The Morgan fingerprint density at radius 3 is 2.66 bits per heavy atom. The van der Waals surface area contributed by atoms with E-state index in [9.17, 15) is 9.59 Å². The fourth-order valence-corrected chi connectivity index (χ4v) is 4.46. The van der Waals surface area contributed by atoms with Gasteiger partial charge in [-0.3, -0.25) is 14.5 Å². The quantitative estimate of drug-likeness (QED) is 0.735. The molecule has 3 aliphatic heterocycles. The molecular weight excluding hydrogens is 366 g/mol. The number of piperazine rings is 1. The zero-order chi connectivity index (χ0) is 20.1. The second kappa shape index (κ2) is 9.55. The van der Waals surface area contributed by atoms with Crippen molar-refractivity contribution >= 4 is 17.9 Å². The summed E-state index contributed by atoms with van der Waals surface area (Å²) in [5.74, 6) is 0.0598. The van der Waals surface area contributed by atoms with Crippen LogP contribution in [0.5, 0.6) is 0 Å². The van der Waals surface area contributed by atoms with Gasteiger partial charge in [-0.15, -0.1) is 0 Å². The lowest BCUT2D eigenvalue weighted by Gasteiger charge is -2.35. The maximum atomic E-state index is 12.9. The largest absolute Gasteiger partial charge is 0.376 e. The minimum absolute atomic E-state index is 0.100. The van der Waals surface area contributed by atoms with Crippen molar-refractivity contribution in [2.24, 2.45) is 5.92 Å². The monoisotopic (exact) mass is 397 g/mol. The second-order valence-electron chi connectivity index (χ2n) is 8.27. The van der Waals surface area contributed by atoms with Gasteiger partial charge in [0.15, 0.2) is 0 Å². The van der Waals surface area contributed by atoms with Crippen molar-refractivity contribution in [2.45, 2.75) is 25.4 Å². The number of likely N-dealkylation sites (tertiary alicyclic amines) is 1. The molecule has 156 valence electrons. The van der Waals surface area contributed by atoms with E-state index >= 15 is 0 Å². The molecule has 2 amide bonds. The molecule has 1 aromatic carbocycles. The number of hydrogen-bond acceptors (Lipinski definition) is 4. The molecule has 0 aromatic heterocycles. The van der Waals surface area contributed by atoms with Crippen molar-refractivity contribution in [3.63, 3.8) is 0 Å². The fourth-order valence-electron chi connectivity index (χ4n) is 4.46. The Morgan fingerprint density at radius 1 is 1.14 bits per heavy atom. The first-order chi connectivity index (χ1) is 14.2. The summed E-state index contributed by atoms with van der Waals surface area (Å²) in [6, 6.07) is 10.3. The van der Waals surface area contributed by atoms with E-state index in [4.69, 9.17) is 4.74 Å². The van der Waals surface area contributed by atoms with Crippen molar-refractivity contribution in [3.8, 4) is 0 Å². The van der Waals surface area contributed by atoms with Crippen LogP contribution in [0.25, 0.3) is 6.08 Å². The molecule has 3 saturated heterocycles. The maximum Gasteiger partial charge on any atom is 0.228 e. The van der Waals surface area contributed by atoms with Gasteiger partial charge in [0.05, 0.1) is 12.0 Å². The lowest BCUT2D eigenvalue weighted by molar-refractivity contribution is -0.137. The number of carbonyl (C=O) groups excluding carboxylic acids is 2. The van der Waals surface area contributed by atoms with Crippen molar-refractivity contribution in [1.82, 2.24) is 14.7 Å². The van der Waals surface area contributed by atoms with Crippen LogP contribution in [0.15, 0.2) is 36.4 Å². The Kier molecular flexibility index (Phi) is 6.62. The first-order valence-corrected chi connectivity index (χ1v) is 10.8. The zero-order valence-electron chi connectivity index (χ0n) is 17.0. The van der Waals surface area contributed by atoms with Crippen LogP contribution in [-0.4, -0.2) is 85.0 Å². The van der Waals surface area contributed by atoms with Crippen molar-refractivity contribution in [2.75, 3.05) is 52.4 Å². The van der Waals surface area contributed by atoms with Gasteiger partial charge in [-0.05, 0) is 18.4 Å². The normalized spacial score (nSPS) is 26.0. The molecule has 6 heteroatoms. The number of amides is 2. The third-order valence-corrected chi connectivity index (χ3v) is 6.17. The topological polar surface area (TPSA) is 53.1 Å². The van der Waals surface area contributed by atoms with Gasteiger partial charge in [0.2, 0.25) is 11.8 Å². The highest BCUT2D eigenvalue weighted by Crippen LogP contribution is 2.23. The van der Waals surface area contributed by atoms with E-state index in [-0.39, 0.29) is 23.8 Å². The number of ether oxygens (including phenoxy) is 1. The molecule has 0 spiro atoms. The van der Waals surface area contributed by atoms with E-state index < -0.39 is 0 Å². The van der Waals surface area contributed by atoms with E-state index in [0.29, 0.717) is 19.5 Å². The minimum Gasteiger partial charge on any atom is -0.376 e. The molecule has 2 atom stereocenters. The number of carbonyl (C=O) groups is 2. The molecule has 0 radical (unpaired) electrons. The molecule has 3 fully saturated rings. The predicted octanol–water partition coefficient (Wildman–Crippen LogP) is 1.87. The summed E-state index contributed by atoms with van der Waals surface area (Å²) < 4.78 is 5.65. The van der Waals surface area contributed by atoms with Crippen molar-refractivity contribution in [1.29, 1.82) is 0 Å². The van der Waals surface area contributed by atoms with Gasteiger partial charge in [0, 0.05) is 58.8 Å².